The number of ether oxygens (including phenoxy) is 4. The Kier molecular flexibility index (Phi) is 9.86. The highest BCUT2D eigenvalue weighted by Crippen LogP contribution is 2.40. The molecule has 41 heavy (non-hydrogen) atoms. The standard InChI is InChI=1S/C33H39NO7/c1-22(19-23-11-7-5-8-12-23)29(35)39-21-26-16-15-25-17-18-38-31(28(25)26)40-30(36)27(20-24-13-9-6-10-14-24)34-32(37)41-33(2,3)4/h5-14,16-18,22,25,27-28,31H,15,19-21H2,1-4H3,(H,34,37)/t22-,25+,27-,28-,31-/m0/s1. The molecule has 0 radical (unpaired) electrons. The molecule has 0 aromatic heterocycles. The van der Waals surface area contributed by atoms with E-state index in [0.717, 1.165) is 16.7 Å². The summed E-state index contributed by atoms with van der Waals surface area (Å²) in [5.74, 6) is -1.49. The maximum atomic E-state index is 13.4. The molecule has 218 valence electrons. The topological polar surface area (TPSA) is 100 Å². The van der Waals surface area contributed by atoms with Crippen LogP contribution in [0.15, 0.2) is 84.7 Å². The Balaban J connectivity index is 1.40. The summed E-state index contributed by atoms with van der Waals surface area (Å²) in [6, 6.07) is 18.2. The molecule has 4 rings (SSSR count). The summed E-state index contributed by atoms with van der Waals surface area (Å²) in [6.07, 6.45) is 5.37. The highest BCUT2D eigenvalue weighted by Gasteiger charge is 2.42. The average Bonchev–Trinajstić information content (AvgIpc) is 3.35. The van der Waals surface area contributed by atoms with Gasteiger partial charge < -0.3 is 24.3 Å². The first-order valence-electron chi connectivity index (χ1n) is 14.0. The maximum Gasteiger partial charge on any atom is 0.408 e. The SMILES string of the molecule is C[C@@H](Cc1ccccc1)C(=O)OCC1=CC[C@@H]2C=CO[C@@H](OC(=O)[C@H](Cc3ccccc3)NC(=O)OC(C)(C)C)[C@H]12. The summed E-state index contributed by atoms with van der Waals surface area (Å²) >= 11 is 0. The van der Waals surface area contributed by atoms with Crippen LogP contribution in [-0.4, -0.2) is 42.6 Å². The van der Waals surface area contributed by atoms with E-state index < -0.39 is 30.0 Å². The second-order valence-electron chi connectivity index (χ2n) is 11.6. The molecular weight excluding hydrogens is 522 g/mol. The van der Waals surface area contributed by atoms with Crippen molar-refractivity contribution in [2.45, 2.75) is 64.9 Å². The van der Waals surface area contributed by atoms with Crippen LogP contribution in [-0.2, 0) is 41.4 Å². The van der Waals surface area contributed by atoms with Crippen molar-refractivity contribution in [3.05, 3.63) is 95.8 Å². The second-order valence-corrected chi connectivity index (χ2v) is 11.6. The number of hydrogen-bond donors (Lipinski definition) is 1. The van der Waals surface area contributed by atoms with Crippen LogP contribution < -0.4 is 5.32 Å². The van der Waals surface area contributed by atoms with Gasteiger partial charge in [-0.1, -0.05) is 73.7 Å². The van der Waals surface area contributed by atoms with Crippen molar-refractivity contribution in [3.63, 3.8) is 0 Å². The predicted octanol–water partition coefficient (Wildman–Crippen LogP) is 5.52. The van der Waals surface area contributed by atoms with Gasteiger partial charge in [-0.3, -0.25) is 4.79 Å². The molecular formula is C33H39NO7. The molecule has 2 aromatic rings. The lowest BCUT2D eigenvalue weighted by Gasteiger charge is -2.33. The van der Waals surface area contributed by atoms with Gasteiger partial charge in [0.2, 0.25) is 0 Å². The third kappa shape index (κ3) is 8.71. The summed E-state index contributed by atoms with van der Waals surface area (Å²) in [7, 11) is 0. The van der Waals surface area contributed by atoms with Gasteiger partial charge in [0.25, 0.3) is 6.29 Å². The number of esters is 2. The molecule has 1 N–H and O–H groups in total. The van der Waals surface area contributed by atoms with E-state index in [2.05, 4.69) is 5.32 Å². The minimum absolute atomic E-state index is 0.0448. The smallest absolute Gasteiger partial charge is 0.408 e. The number of carbonyl (C=O) groups is 3. The average molecular weight is 562 g/mol. The Morgan fingerprint density at radius 2 is 1.59 bits per heavy atom. The third-order valence-electron chi connectivity index (χ3n) is 7.03. The maximum absolute atomic E-state index is 13.4. The minimum Gasteiger partial charge on any atom is -0.462 e. The Morgan fingerprint density at radius 3 is 2.22 bits per heavy atom. The lowest BCUT2D eigenvalue weighted by molar-refractivity contribution is -0.183. The summed E-state index contributed by atoms with van der Waals surface area (Å²) in [5, 5.41) is 2.66. The van der Waals surface area contributed by atoms with Gasteiger partial charge in [-0.05, 0) is 62.3 Å². The Bertz CT molecular complexity index is 1250. The van der Waals surface area contributed by atoms with Crippen LogP contribution in [0, 0.1) is 17.8 Å². The molecule has 2 aliphatic rings. The third-order valence-corrected chi connectivity index (χ3v) is 7.03. The summed E-state index contributed by atoms with van der Waals surface area (Å²) < 4.78 is 22.7. The first-order valence-corrected chi connectivity index (χ1v) is 14.0. The Hall–Kier alpha value is -4.07. The van der Waals surface area contributed by atoms with Gasteiger partial charge in [0.15, 0.2) is 0 Å². The zero-order valence-electron chi connectivity index (χ0n) is 24.1. The van der Waals surface area contributed by atoms with Crippen LogP contribution in [0.3, 0.4) is 0 Å². The fourth-order valence-corrected chi connectivity index (χ4v) is 5.02. The van der Waals surface area contributed by atoms with Crippen LogP contribution in [0.25, 0.3) is 0 Å². The molecule has 0 spiro atoms. The van der Waals surface area contributed by atoms with Gasteiger partial charge in [0.05, 0.1) is 18.1 Å². The van der Waals surface area contributed by atoms with E-state index in [-0.39, 0.29) is 36.8 Å². The predicted molar refractivity (Wildman–Crippen MR) is 153 cm³/mol. The van der Waals surface area contributed by atoms with E-state index in [4.69, 9.17) is 18.9 Å². The van der Waals surface area contributed by atoms with Crippen molar-refractivity contribution in [2.24, 2.45) is 17.8 Å². The Morgan fingerprint density at radius 1 is 0.951 bits per heavy atom. The summed E-state index contributed by atoms with van der Waals surface area (Å²) in [4.78, 5) is 38.8. The molecule has 8 heteroatoms. The molecule has 5 atom stereocenters. The summed E-state index contributed by atoms with van der Waals surface area (Å²) in [5.41, 5.74) is 2.04. The van der Waals surface area contributed by atoms with E-state index >= 15 is 0 Å². The monoisotopic (exact) mass is 561 g/mol. The lowest BCUT2D eigenvalue weighted by Crippen LogP contribution is -2.47. The zero-order valence-corrected chi connectivity index (χ0v) is 24.1. The van der Waals surface area contributed by atoms with Gasteiger partial charge >= 0.3 is 18.0 Å². The summed E-state index contributed by atoms with van der Waals surface area (Å²) in [6.45, 7) is 7.20. The van der Waals surface area contributed by atoms with Gasteiger partial charge in [-0.2, -0.15) is 0 Å². The highest BCUT2D eigenvalue weighted by atomic mass is 16.7. The van der Waals surface area contributed by atoms with Crippen LogP contribution in [0.2, 0.25) is 0 Å². The minimum atomic E-state index is -0.995. The van der Waals surface area contributed by atoms with Crippen molar-refractivity contribution in [1.82, 2.24) is 5.32 Å². The van der Waals surface area contributed by atoms with Crippen molar-refractivity contribution < 1.29 is 33.3 Å². The van der Waals surface area contributed by atoms with Gasteiger partial charge in [-0.25, -0.2) is 9.59 Å². The quantitative estimate of drug-likeness (QED) is 0.232. The first-order chi connectivity index (χ1) is 19.6. The lowest BCUT2D eigenvalue weighted by atomic mass is 9.89. The zero-order chi connectivity index (χ0) is 29.4. The number of amides is 1. The first kappa shape index (κ1) is 29.9. The van der Waals surface area contributed by atoms with E-state index in [1.807, 2.05) is 79.7 Å². The molecule has 8 nitrogen and oxygen atoms in total. The second kappa shape index (κ2) is 13.5. The van der Waals surface area contributed by atoms with E-state index in [1.165, 1.54) is 6.26 Å². The number of hydrogen-bond acceptors (Lipinski definition) is 7. The fourth-order valence-electron chi connectivity index (χ4n) is 5.02. The number of allylic oxidation sites excluding steroid dienone is 2. The number of fused-ring (bicyclic) bond motifs is 1. The van der Waals surface area contributed by atoms with E-state index in [9.17, 15) is 14.4 Å². The van der Waals surface area contributed by atoms with Crippen LogP contribution >= 0.6 is 0 Å². The molecule has 1 heterocycles. The molecule has 1 aliphatic heterocycles. The van der Waals surface area contributed by atoms with E-state index in [1.54, 1.807) is 20.8 Å². The van der Waals surface area contributed by atoms with Crippen LogP contribution in [0.4, 0.5) is 4.79 Å². The molecule has 0 unspecified atom stereocenters. The van der Waals surface area contributed by atoms with Crippen molar-refractivity contribution in [2.75, 3.05) is 6.61 Å². The normalized spacial score (nSPS) is 21.0. The number of carbonyl (C=O) groups excluding carboxylic acids is 3. The molecule has 0 fully saturated rings. The van der Waals surface area contributed by atoms with Crippen LogP contribution in [0.1, 0.15) is 45.2 Å². The highest BCUT2D eigenvalue weighted by molar-refractivity contribution is 5.82. The molecule has 0 saturated heterocycles. The molecule has 0 bridgehead atoms. The number of benzene rings is 2. The van der Waals surface area contributed by atoms with Crippen LogP contribution in [0.5, 0.6) is 0 Å². The molecule has 2 aromatic carbocycles. The largest absolute Gasteiger partial charge is 0.462 e. The van der Waals surface area contributed by atoms with E-state index in [0.29, 0.717) is 12.8 Å². The molecule has 1 aliphatic carbocycles. The van der Waals surface area contributed by atoms with Gasteiger partial charge in [0.1, 0.15) is 18.2 Å². The van der Waals surface area contributed by atoms with Gasteiger partial charge in [-0.15, -0.1) is 0 Å². The van der Waals surface area contributed by atoms with Crippen molar-refractivity contribution >= 4 is 18.0 Å². The van der Waals surface area contributed by atoms with Crippen molar-refractivity contribution in [1.29, 1.82) is 0 Å². The molecule has 0 saturated carbocycles. The molecule has 1 amide bonds. The number of nitrogens with one attached hydrogen (secondary N) is 1. The number of rotatable bonds is 10. The fraction of sp³-hybridized carbons (Fsp3) is 0.424. The van der Waals surface area contributed by atoms with Crippen molar-refractivity contribution in [3.8, 4) is 0 Å². The Labute approximate surface area is 241 Å². The number of alkyl carbamates (subject to hydrolysis) is 1. The van der Waals surface area contributed by atoms with Gasteiger partial charge in [0, 0.05) is 6.42 Å².